The van der Waals surface area contributed by atoms with Gasteiger partial charge in [0.25, 0.3) is 0 Å². The molecule has 9 nitrogen and oxygen atoms in total. The van der Waals surface area contributed by atoms with Gasteiger partial charge in [0.05, 0.1) is 24.8 Å². The van der Waals surface area contributed by atoms with E-state index in [1.54, 1.807) is 12.1 Å². The minimum absolute atomic E-state index is 0.0794. The lowest BCUT2D eigenvalue weighted by Crippen LogP contribution is -2.47. The maximum absolute atomic E-state index is 13.0. The van der Waals surface area contributed by atoms with E-state index in [9.17, 15) is 4.79 Å². The lowest BCUT2D eigenvalue weighted by molar-refractivity contribution is -0.147. The third-order valence-electron chi connectivity index (χ3n) is 6.73. The summed E-state index contributed by atoms with van der Waals surface area (Å²) in [6.07, 6.45) is -1.45. The van der Waals surface area contributed by atoms with Crippen molar-refractivity contribution in [2.75, 3.05) is 12.3 Å². The number of hydrogen-bond donors (Lipinski definition) is 1. The zero-order valence-electron chi connectivity index (χ0n) is 22.8. The molecule has 2 N–H and O–H groups in total. The number of benzene rings is 3. The first-order chi connectivity index (χ1) is 20.3. The fourth-order valence-electron chi connectivity index (χ4n) is 4.70. The van der Waals surface area contributed by atoms with E-state index in [4.69, 9.17) is 53.2 Å². The molecule has 1 aliphatic heterocycles. The van der Waals surface area contributed by atoms with Gasteiger partial charge >= 0.3 is 10.9 Å². The van der Waals surface area contributed by atoms with Crippen molar-refractivity contribution >= 4 is 34.9 Å². The molecule has 4 atom stereocenters. The van der Waals surface area contributed by atoms with Crippen molar-refractivity contribution < 1.29 is 23.7 Å². The van der Waals surface area contributed by atoms with Crippen LogP contribution < -0.4 is 16.2 Å². The largest absolute Gasteiger partial charge is 0.446 e. The third-order valence-corrected chi connectivity index (χ3v) is 7.20. The maximum atomic E-state index is 13.0. The average molecular weight is 608 g/mol. The predicted molar refractivity (Wildman–Crippen MR) is 162 cm³/mol. The summed E-state index contributed by atoms with van der Waals surface area (Å²) in [5.74, 6) is 0.394. The molecule has 218 valence electrons. The lowest BCUT2D eigenvalue weighted by Gasteiger charge is -2.31. The molecule has 0 amide bonds. The fraction of sp³-hybridized carbons (Fsp3) is 0.258. The van der Waals surface area contributed by atoms with Crippen molar-refractivity contribution in [2.24, 2.45) is 0 Å². The Balaban J connectivity index is 1.47. The lowest BCUT2D eigenvalue weighted by atomic mass is 9.97. The van der Waals surface area contributed by atoms with E-state index in [1.165, 1.54) is 10.8 Å². The number of aromatic nitrogens is 2. The van der Waals surface area contributed by atoms with Crippen LogP contribution in [-0.4, -0.2) is 39.2 Å². The Kier molecular flexibility index (Phi) is 9.51. The Morgan fingerprint density at radius 3 is 2.24 bits per heavy atom. The molecule has 4 aromatic rings. The van der Waals surface area contributed by atoms with E-state index in [1.807, 2.05) is 85.8 Å². The average Bonchev–Trinajstić information content (AvgIpc) is 3.25. The van der Waals surface area contributed by atoms with Crippen molar-refractivity contribution in [3.05, 3.63) is 124 Å². The minimum atomic E-state index is -1.10. The van der Waals surface area contributed by atoms with E-state index in [0.717, 1.165) is 11.1 Å². The molecule has 3 aromatic carbocycles. The molecule has 2 heterocycles. The number of nitrogen functional groups attached to an aromatic ring is 1. The van der Waals surface area contributed by atoms with Crippen molar-refractivity contribution in [1.29, 1.82) is 0 Å². The van der Waals surface area contributed by atoms with Crippen LogP contribution in [0.25, 0.3) is 0 Å². The van der Waals surface area contributed by atoms with E-state index in [-0.39, 0.29) is 29.3 Å². The highest BCUT2D eigenvalue weighted by Crippen LogP contribution is 2.41. The van der Waals surface area contributed by atoms with Gasteiger partial charge in [-0.2, -0.15) is 4.98 Å². The van der Waals surface area contributed by atoms with Gasteiger partial charge < -0.3 is 29.4 Å². The Bertz CT molecular complexity index is 1540. The van der Waals surface area contributed by atoms with Crippen LogP contribution in [0.2, 0.25) is 5.02 Å². The summed E-state index contributed by atoms with van der Waals surface area (Å²) in [5, 5.41) is -0.0964. The minimum Gasteiger partial charge on any atom is -0.446 e. The molecular formula is C31H30ClN3O6S. The standard InChI is InChI=1S/C31H30ClN3O6S/c1-31(20-37-18-21-11-5-2-6-12-21)26(38-19-22-13-7-3-8-14-22)25(40-30(42)39-23-15-9-4-10-16-23)28(41-31)35-17-24(32)27(33)34-29(35)36/h2-17,25-26,28H,18-20H2,1H3,(H2,33,34,36)/t25-,26+,28-,31-/m1/s1. The number of para-hydroxylation sites is 1. The molecule has 5 rings (SSSR count). The Hall–Kier alpha value is -3.80. The SMILES string of the molecule is C[C@]1(COCc2ccccc2)O[C@@H](n2cc(Cl)c(N)nc2=O)[C@H](OC(=S)Oc2ccccc2)[C@@H]1OCc1ccccc1. The number of hydrogen-bond acceptors (Lipinski definition) is 9. The number of nitrogens with two attached hydrogens (primary N) is 1. The monoisotopic (exact) mass is 607 g/mol. The first-order valence-electron chi connectivity index (χ1n) is 13.2. The normalized spacial score (nSPS) is 21.6. The topological polar surface area (TPSA) is 107 Å². The molecule has 1 aliphatic rings. The zero-order chi connectivity index (χ0) is 29.5. The van der Waals surface area contributed by atoms with Crippen LogP contribution in [0.5, 0.6) is 5.75 Å². The molecule has 0 aliphatic carbocycles. The van der Waals surface area contributed by atoms with Gasteiger partial charge in [-0.05, 0) is 30.2 Å². The van der Waals surface area contributed by atoms with Crippen molar-refractivity contribution in [2.45, 2.75) is 44.2 Å². The Morgan fingerprint density at radius 1 is 1.00 bits per heavy atom. The fourth-order valence-corrected chi connectivity index (χ4v) is 5.05. The van der Waals surface area contributed by atoms with Crippen LogP contribution in [0.3, 0.4) is 0 Å². The van der Waals surface area contributed by atoms with Crippen molar-refractivity contribution in [1.82, 2.24) is 9.55 Å². The maximum Gasteiger partial charge on any atom is 0.358 e. The van der Waals surface area contributed by atoms with E-state index >= 15 is 0 Å². The van der Waals surface area contributed by atoms with E-state index in [0.29, 0.717) is 12.4 Å². The van der Waals surface area contributed by atoms with Crippen LogP contribution in [0, 0.1) is 0 Å². The van der Waals surface area contributed by atoms with Gasteiger partial charge in [-0.1, -0.05) is 90.5 Å². The number of halogens is 1. The molecule has 1 fully saturated rings. The molecule has 1 aromatic heterocycles. The smallest absolute Gasteiger partial charge is 0.358 e. The molecule has 11 heteroatoms. The van der Waals surface area contributed by atoms with Crippen LogP contribution in [0.4, 0.5) is 5.82 Å². The van der Waals surface area contributed by atoms with Gasteiger partial charge in [0.1, 0.15) is 23.3 Å². The molecule has 0 radical (unpaired) electrons. The summed E-state index contributed by atoms with van der Waals surface area (Å²) < 4.78 is 32.3. The number of rotatable bonds is 10. The second kappa shape index (κ2) is 13.5. The van der Waals surface area contributed by atoms with Gasteiger partial charge in [0, 0.05) is 18.4 Å². The van der Waals surface area contributed by atoms with Crippen LogP contribution in [-0.2, 0) is 32.2 Å². The first kappa shape index (κ1) is 29.7. The highest BCUT2D eigenvalue weighted by atomic mass is 35.5. The van der Waals surface area contributed by atoms with E-state index < -0.39 is 29.7 Å². The van der Waals surface area contributed by atoms with Crippen molar-refractivity contribution in [3.8, 4) is 5.75 Å². The van der Waals surface area contributed by atoms with Crippen LogP contribution in [0.15, 0.2) is 102 Å². The summed E-state index contributed by atoms with van der Waals surface area (Å²) in [7, 11) is 0. The molecule has 42 heavy (non-hydrogen) atoms. The van der Waals surface area contributed by atoms with Crippen molar-refractivity contribution in [3.63, 3.8) is 0 Å². The molecule has 0 bridgehead atoms. The third kappa shape index (κ3) is 7.15. The summed E-state index contributed by atoms with van der Waals surface area (Å²) >= 11 is 11.8. The second-order valence-corrected chi connectivity index (χ2v) is 10.7. The second-order valence-electron chi connectivity index (χ2n) is 9.93. The number of anilines is 1. The Morgan fingerprint density at radius 2 is 1.60 bits per heavy atom. The number of ether oxygens (including phenoxy) is 5. The highest BCUT2D eigenvalue weighted by molar-refractivity contribution is 7.79. The molecule has 1 saturated heterocycles. The van der Waals surface area contributed by atoms with E-state index in [2.05, 4.69) is 4.98 Å². The summed E-state index contributed by atoms with van der Waals surface area (Å²) in [5.41, 5.74) is 5.94. The van der Waals surface area contributed by atoms with Gasteiger partial charge in [0.2, 0.25) is 0 Å². The number of thiocarbonyl (C=S) groups is 1. The summed E-state index contributed by atoms with van der Waals surface area (Å²) in [4.78, 5) is 16.9. The zero-order valence-corrected chi connectivity index (χ0v) is 24.4. The number of nitrogens with zero attached hydrogens (tertiary/aromatic N) is 2. The van der Waals surface area contributed by atoms with Gasteiger partial charge in [-0.3, -0.25) is 4.57 Å². The molecule has 0 unspecified atom stereocenters. The van der Waals surface area contributed by atoms with Gasteiger partial charge in [0.15, 0.2) is 12.3 Å². The summed E-state index contributed by atoms with van der Waals surface area (Å²) in [6, 6.07) is 28.4. The molecule has 0 spiro atoms. The molecular weight excluding hydrogens is 578 g/mol. The van der Waals surface area contributed by atoms with Crippen LogP contribution in [0.1, 0.15) is 24.3 Å². The predicted octanol–water partition coefficient (Wildman–Crippen LogP) is 5.32. The highest BCUT2D eigenvalue weighted by Gasteiger charge is 2.56. The van der Waals surface area contributed by atoms with Gasteiger partial charge in [-0.15, -0.1) is 0 Å². The first-order valence-corrected chi connectivity index (χ1v) is 14.0. The van der Waals surface area contributed by atoms with Gasteiger partial charge in [-0.25, -0.2) is 4.79 Å². The quantitative estimate of drug-likeness (QED) is 0.240. The Labute approximate surface area is 253 Å². The summed E-state index contributed by atoms with van der Waals surface area (Å²) in [6.45, 7) is 2.52. The molecule has 0 saturated carbocycles. The van der Waals surface area contributed by atoms with Crippen LogP contribution >= 0.6 is 23.8 Å².